The SMILES string of the molecule is COc1ccc(Br)cc1C1CCCN1C(=O)C(C)CN. The predicted octanol–water partition coefficient (Wildman–Crippen LogP) is 2.72. The molecule has 20 heavy (non-hydrogen) atoms. The van der Waals surface area contributed by atoms with Crippen LogP contribution in [0.15, 0.2) is 22.7 Å². The molecule has 0 radical (unpaired) electrons. The summed E-state index contributed by atoms with van der Waals surface area (Å²) >= 11 is 3.49. The summed E-state index contributed by atoms with van der Waals surface area (Å²) in [5, 5.41) is 0. The minimum Gasteiger partial charge on any atom is -0.496 e. The van der Waals surface area contributed by atoms with Crippen molar-refractivity contribution in [2.24, 2.45) is 11.7 Å². The number of hydrogen-bond acceptors (Lipinski definition) is 3. The molecule has 1 saturated heterocycles. The standard InChI is InChI=1S/C15H21BrN2O2/c1-10(9-17)15(19)18-7-3-4-13(18)12-8-11(16)5-6-14(12)20-2/h5-6,8,10,13H,3-4,7,9,17H2,1-2H3. The second kappa shape index (κ2) is 6.59. The Morgan fingerprint density at radius 2 is 2.35 bits per heavy atom. The summed E-state index contributed by atoms with van der Waals surface area (Å²) in [7, 11) is 1.66. The Labute approximate surface area is 128 Å². The van der Waals surface area contributed by atoms with E-state index in [9.17, 15) is 4.79 Å². The van der Waals surface area contributed by atoms with Gasteiger partial charge in [0.2, 0.25) is 5.91 Å². The van der Waals surface area contributed by atoms with Crippen molar-refractivity contribution < 1.29 is 9.53 Å². The van der Waals surface area contributed by atoms with Gasteiger partial charge < -0.3 is 15.4 Å². The fourth-order valence-electron chi connectivity index (χ4n) is 2.70. The van der Waals surface area contributed by atoms with Crippen LogP contribution in [0.25, 0.3) is 0 Å². The van der Waals surface area contributed by atoms with Gasteiger partial charge in [-0.05, 0) is 31.0 Å². The van der Waals surface area contributed by atoms with Gasteiger partial charge in [-0.15, -0.1) is 0 Å². The van der Waals surface area contributed by atoms with Crippen LogP contribution < -0.4 is 10.5 Å². The Hall–Kier alpha value is -1.07. The molecule has 1 aliphatic rings. The number of nitrogens with two attached hydrogens (primary N) is 1. The van der Waals surface area contributed by atoms with E-state index in [0.717, 1.165) is 35.2 Å². The summed E-state index contributed by atoms with van der Waals surface area (Å²) in [6.45, 7) is 3.07. The molecular weight excluding hydrogens is 320 g/mol. The Bertz CT molecular complexity index is 493. The molecule has 0 bridgehead atoms. The number of methoxy groups -OCH3 is 1. The number of carbonyl (C=O) groups excluding carboxylic acids is 1. The maximum Gasteiger partial charge on any atom is 0.227 e. The van der Waals surface area contributed by atoms with Crippen molar-refractivity contribution in [3.8, 4) is 5.75 Å². The van der Waals surface area contributed by atoms with E-state index in [1.54, 1.807) is 7.11 Å². The lowest BCUT2D eigenvalue weighted by molar-refractivity contribution is -0.135. The predicted molar refractivity (Wildman–Crippen MR) is 82.6 cm³/mol. The van der Waals surface area contributed by atoms with Crippen molar-refractivity contribution in [1.82, 2.24) is 4.90 Å². The first-order chi connectivity index (χ1) is 9.58. The van der Waals surface area contributed by atoms with Gasteiger partial charge in [-0.2, -0.15) is 0 Å². The van der Waals surface area contributed by atoms with Gasteiger partial charge in [0.1, 0.15) is 5.75 Å². The first-order valence-electron chi connectivity index (χ1n) is 6.92. The summed E-state index contributed by atoms with van der Waals surface area (Å²) in [4.78, 5) is 14.4. The van der Waals surface area contributed by atoms with E-state index < -0.39 is 0 Å². The molecule has 1 aliphatic heterocycles. The molecule has 2 unspecified atom stereocenters. The monoisotopic (exact) mass is 340 g/mol. The van der Waals surface area contributed by atoms with Crippen molar-refractivity contribution in [1.29, 1.82) is 0 Å². The Kier molecular flexibility index (Phi) is 5.05. The van der Waals surface area contributed by atoms with Crippen LogP contribution >= 0.6 is 15.9 Å². The van der Waals surface area contributed by atoms with Gasteiger partial charge in [0.05, 0.1) is 13.2 Å². The molecule has 0 spiro atoms. The summed E-state index contributed by atoms with van der Waals surface area (Å²) in [5.74, 6) is 0.837. The average Bonchev–Trinajstić information content (AvgIpc) is 2.94. The maximum absolute atomic E-state index is 12.4. The minimum atomic E-state index is -0.131. The molecule has 1 aromatic carbocycles. The molecule has 4 nitrogen and oxygen atoms in total. The molecule has 1 aromatic rings. The first kappa shape index (κ1) is 15.3. The Balaban J connectivity index is 2.31. The normalized spacial score (nSPS) is 20.0. The van der Waals surface area contributed by atoms with E-state index in [4.69, 9.17) is 10.5 Å². The van der Waals surface area contributed by atoms with Crippen LogP contribution in [0.4, 0.5) is 0 Å². The second-order valence-corrected chi connectivity index (χ2v) is 6.13. The first-order valence-corrected chi connectivity index (χ1v) is 7.71. The number of halogens is 1. The molecule has 2 rings (SSSR count). The molecule has 2 N–H and O–H groups in total. The van der Waals surface area contributed by atoms with Gasteiger partial charge in [0.15, 0.2) is 0 Å². The van der Waals surface area contributed by atoms with Crippen LogP contribution in [0.5, 0.6) is 5.75 Å². The van der Waals surface area contributed by atoms with E-state index >= 15 is 0 Å². The number of rotatable bonds is 4. The minimum absolute atomic E-state index is 0.0870. The van der Waals surface area contributed by atoms with Crippen LogP contribution in [0.2, 0.25) is 0 Å². The zero-order valence-corrected chi connectivity index (χ0v) is 13.5. The lowest BCUT2D eigenvalue weighted by Crippen LogP contribution is -2.37. The lowest BCUT2D eigenvalue weighted by atomic mass is 10.0. The van der Waals surface area contributed by atoms with E-state index in [2.05, 4.69) is 15.9 Å². The smallest absolute Gasteiger partial charge is 0.227 e. The molecule has 5 heteroatoms. The average molecular weight is 341 g/mol. The van der Waals surface area contributed by atoms with E-state index in [0.29, 0.717) is 6.54 Å². The number of carbonyl (C=O) groups is 1. The van der Waals surface area contributed by atoms with Gasteiger partial charge in [0.25, 0.3) is 0 Å². The van der Waals surface area contributed by atoms with Crippen molar-refractivity contribution in [2.45, 2.75) is 25.8 Å². The second-order valence-electron chi connectivity index (χ2n) is 5.21. The summed E-state index contributed by atoms with van der Waals surface area (Å²) < 4.78 is 6.44. The zero-order valence-electron chi connectivity index (χ0n) is 11.9. The van der Waals surface area contributed by atoms with Crippen LogP contribution in [0.1, 0.15) is 31.4 Å². The zero-order chi connectivity index (χ0) is 14.7. The number of amides is 1. The quantitative estimate of drug-likeness (QED) is 0.916. The summed E-state index contributed by atoms with van der Waals surface area (Å²) in [5.41, 5.74) is 6.69. The molecule has 0 saturated carbocycles. The van der Waals surface area contributed by atoms with Gasteiger partial charge >= 0.3 is 0 Å². The molecule has 0 aromatic heterocycles. The molecule has 0 aliphatic carbocycles. The molecule has 1 fully saturated rings. The molecule has 2 atom stereocenters. The Morgan fingerprint density at radius 3 is 3.00 bits per heavy atom. The number of hydrogen-bond donors (Lipinski definition) is 1. The number of likely N-dealkylation sites (tertiary alicyclic amines) is 1. The molecule has 110 valence electrons. The number of nitrogens with zero attached hydrogens (tertiary/aromatic N) is 1. The number of benzene rings is 1. The van der Waals surface area contributed by atoms with Crippen molar-refractivity contribution in [3.05, 3.63) is 28.2 Å². The number of ether oxygens (including phenoxy) is 1. The van der Waals surface area contributed by atoms with Crippen LogP contribution in [0.3, 0.4) is 0 Å². The van der Waals surface area contributed by atoms with E-state index in [1.165, 1.54) is 0 Å². The highest BCUT2D eigenvalue weighted by molar-refractivity contribution is 9.10. The summed E-state index contributed by atoms with van der Waals surface area (Å²) in [6.07, 6.45) is 1.99. The highest BCUT2D eigenvalue weighted by Gasteiger charge is 2.33. The van der Waals surface area contributed by atoms with Crippen LogP contribution in [-0.4, -0.2) is 31.0 Å². The maximum atomic E-state index is 12.4. The van der Waals surface area contributed by atoms with Crippen molar-refractivity contribution in [2.75, 3.05) is 20.2 Å². The lowest BCUT2D eigenvalue weighted by Gasteiger charge is -2.28. The van der Waals surface area contributed by atoms with Crippen molar-refractivity contribution >= 4 is 21.8 Å². The van der Waals surface area contributed by atoms with E-state index in [-0.39, 0.29) is 17.9 Å². The van der Waals surface area contributed by atoms with Crippen LogP contribution in [0, 0.1) is 5.92 Å². The van der Waals surface area contributed by atoms with Gasteiger partial charge in [-0.3, -0.25) is 4.79 Å². The highest BCUT2D eigenvalue weighted by Crippen LogP contribution is 2.38. The molecule has 1 heterocycles. The highest BCUT2D eigenvalue weighted by atomic mass is 79.9. The fourth-order valence-corrected chi connectivity index (χ4v) is 3.08. The summed E-state index contributed by atoms with van der Waals surface area (Å²) in [6, 6.07) is 6.02. The molecular formula is C15H21BrN2O2. The third-order valence-corrected chi connectivity index (χ3v) is 4.36. The van der Waals surface area contributed by atoms with Gasteiger partial charge in [-0.1, -0.05) is 22.9 Å². The molecule has 1 amide bonds. The van der Waals surface area contributed by atoms with E-state index in [1.807, 2.05) is 30.0 Å². The largest absolute Gasteiger partial charge is 0.496 e. The fraction of sp³-hybridized carbons (Fsp3) is 0.533. The van der Waals surface area contributed by atoms with Gasteiger partial charge in [0, 0.05) is 29.0 Å². The van der Waals surface area contributed by atoms with Crippen molar-refractivity contribution in [3.63, 3.8) is 0 Å². The topological polar surface area (TPSA) is 55.6 Å². The Morgan fingerprint density at radius 1 is 1.60 bits per heavy atom. The van der Waals surface area contributed by atoms with Crippen LogP contribution in [-0.2, 0) is 4.79 Å². The van der Waals surface area contributed by atoms with Gasteiger partial charge in [-0.25, -0.2) is 0 Å². The third kappa shape index (κ3) is 2.99. The third-order valence-electron chi connectivity index (χ3n) is 3.86.